The Morgan fingerprint density at radius 2 is 2.31 bits per heavy atom. The number of methoxy groups -OCH3 is 1. The lowest BCUT2D eigenvalue weighted by Gasteiger charge is -2.02. The van der Waals surface area contributed by atoms with Crippen molar-refractivity contribution in [1.82, 2.24) is 0 Å². The second-order valence-electron chi connectivity index (χ2n) is 3.74. The molecule has 0 heterocycles. The highest BCUT2D eigenvalue weighted by Crippen LogP contribution is 2.30. The summed E-state index contributed by atoms with van der Waals surface area (Å²) in [5.74, 6) is -0.336. The highest BCUT2D eigenvalue weighted by Gasteiger charge is 2.35. The van der Waals surface area contributed by atoms with Crippen molar-refractivity contribution in [2.24, 2.45) is 5.92 Å². The standard InChI is InChI=1S/C12H11ClO3/c1-16-8-2-3-9-7(4-8)5-10(12(9)15)11(14)6-13/h2-4,10H,5-6H2,1H3. The van der Waals surface area contributed by atoms with E-state index in [1.54, 1.807) is 25.3 Å². The van der Waals surface area contributed by atoms with E-state index in [1.807, 2.05) is 0 Å². The van der Waals surface area contributed by atoms with Crippen LogP contribution in [0.4, 0.5) is 0 Å². The van der Waals surface area contributed by atoms with Crippen molar-refractivity contribution >= 4 is 23.2 Å². The van der Waals surface area contributed by atoms with E-state index in [-0.39, 0.29) is 17.4 Å². The van der Waals surface area contributed by atoms with Gasteiger partial charge >= 0.3 is 0 Å². The minimum absolute atomic E-state index is 0.110. The monoisotopic (exact) mass is 238 g/mol. The van der Waals surface area contributed by atoms with Crippen LogP contribution < -0.4 is 4.74 Å². The maximum atomic E-state index is 11.9. The Kier molecular flexibility index (Phi) is 2.97. The van der Waals surface area contributed by atoms with Crippen LogP contribution in [-0.4, -0.2) is 24.6 Å². The first-order valence-corrected chi connectivity index (χ1v) is 5.50. The molecule has 0 saturated carbocycles. The Labute approximate surface area is 98.4 Å². The highest BCUT2D eigenvalue weighted by atomic mass is 35.5. The van der Waals surface area contributed by atoms with Gasteiger partial charge < -0.3 is 4.74 Å². The molecular weight excluding hydrogens is 228 g/mol. The number of fused-ring (bicyclic) bond motifs is 1. The average Bonchev–Trinajstić information content (AvgIpc) is 2.65. The molecule has 0 fully saturated rings. The number of Topliss-reactive ketones (excluding diaryl/α,β-unsaturated/α-hetero) is 2. The summed E-state index contributed by atoms with van der Waals surface area (Å²) in [6.45, 7) is 0. The summed E-state index contributed by atoms with van der Waals surface area (Å²) >= 11 is 5.47. The van der Waals surface area contributed by atoms with Gasteiger partial charge in [0.15, 0.2) is 11.6 Å². The van der Waals surface area contributed by atoms with E-state index in [4.69, 9.17) is 16.3 Å². The largest absolute Gasteiger partial charge is 0.497 e. The number of carbonyl (C=O) groups is 2. The zero-order valence-electron chi connectivity index (χ0n) is 8.83. The van der Waals surface area contributed by atoms with Crippen molar-refractivity contribution in [3.8, 4) is 5.75 Å². The maximum absolute atomic E-state index is 11.9. The van der Waals surface area contributed by atoms with Gasteiger partial charge in [0.2, 0.25) is 0 Å². The first-order chi connectivity index (χ1) is 7.67. The molecule has 1 aromatic carbocycles. The third-order valence-corrected chi connectivity index (χ3v) is 3.10. The fraction of sp³-hybridized carbons (Fsp3) is 0.333. The molecule has 16 heavy (non-hydrogen) atoms. The second kappa shape index (κ2) is 4.26. The molecule has 0 bridgehead atoms. The van der Waals surface area contributed by atoms with Crippen molar-refractivity contribution in [2.75, 3.05) is 13.0 Å². The molecule has 84 valence electrons. The molecule has 1 unspecified atom stereocenters. The number of hydrogen-bond donors (Lipinski definition) is 0. The van der Waals surface area contributed by atoms with Crippen molar-refractivity contribution in [3.63, 3.8) is 0 Å². The Balaban J connectivity index is 2.34. The maximum Gasteiger partial charge on any atom is 0.173 e. The van der Waals surface area contributed by atoms with Gasteiger partial charge in [0, 0.05) is 5.56 Å². The van der Waals surface area contributed by atoms with Gasteiger partial charge in [0.05, 0.1) is 18.9 Å². The number of ether oxygens (including phenoxy) is 1. The van der Waals surface area contributed by atoms with Crippen LogP contribution >= 0.6 is 11.6 Å². The molecule has 1 aliphatic rings. The smallest absolute Gasteiger partial charge is 0.173 e. The number of alkyl halides is 1. The van der Waals surface area contributed by atoms with Crippen LogP contribution in [-0.2, 0) is 11.2 Å². The van der Waals surface area contributed by atoms with Crippen molar-refractivity contribution in [3.05, 3.63) is 29.3 Å². The van der Waals surface area contributed by atoms with Gasteiger partial charge in [-0.3, -0.25) is 9.59 Å². The number of benzene rings is 1. The fourth-order valence-corrected chi connectivity index (χ4v) is 2.15. The van der Waals surface area contributed by atoms with E-state index in [0.717, 1.165) is 5.56 Å². The Morgan fingerprint density at radius 1 is 1.56 bits per heavy atom. The molecule has 0 radical (unpaired) electrons. The number of hydrogen-bond acceptors (Lipinski definition) is 3. The minimum Gasteiger partial charge on any atom is -0.497 e. The summed E-state index contributed by atoms with van der Waals surface area (Å²) in [5, 5.41) is 0. The Bertz CT molecular complexity index is 454. The van der Waals surface area contributed by atoms with Gasteiger partial charge in [-0.05, 0) is 30.2 Å². The van der Waals surface area contributed by atoms with Gasteiger partial charge in [0.25, 0.3) is 0 Å². The first-order valence-electron chi connectivity index (χ1n) is 4.97. The van der Waals surface area contributed by atoms with E-state index >= 15 is 0 Å². The van der Waals surface area contributed by atoms with Gasteiger partial charge in [-0.15, -0.1) is 11.6 Å². The summed E-state index contributed by atoms with van der Waals surface area (Å²) in [5.41, 5.74) is 1.48. The van der Waals surface area contributed by atoms with E-state index in [9.17, 15) is 9.59 Å². The molecule has 0 N–H and O–H groups in total. The normalized spacial score (nSPS) is 18.4. The van der Waals surface area contributed by atoms with E-state index < -0.39 is 5.92 Å². The van der Waals surface area contributed by atoms with Crippen LogP contribution in [0, 0.1) is 5.92 Å². The molecular formula is C12H11ClO3. The first kappa shape index (κ1) is 11.1. The van der Waals surface area contributed by atoms with E-state index in [1.165, 1.54) is 0 Å². The van der Waals surface area contributed by atoms with Crippen LogP contribution in [0.25, 0.3) is 0 Å². The summed E-state index contributed by atoms with van der Waals surface area (Å²) in [4.78, 5) is 23.3. The predicted octanol–water partition coefficient (Wildman–Crippen LogP) is 1.86. The predicted molar refractivity (Wildman–Crippen MR) is 60.2 cm³/mol. The molecule has 4 heteroatoms. The lowest BCUT2D eigenvalue weighted by molar-refractivity contribution is -0.118. The summed E-state index contributed by atoms with van der Waals surface area (Å²) in [7, 11) is 1.57. The van der Waals surface area contributed by atoms with Crippen LogP contribution in [0.15, 0.2) is 18.2 Å². The average molecular weight is 239 g/mol. The van der Waals surface area contributed by atoms with E-state index in [2.05, 4.69) is 0 Å². The minimum atomic E-state index is -0.598. The van der Waals surface area contributed by atoms with Gasteiger partial charge in [-0.25, -0.2) is 0 Å². The van der Waals surface area contributed by atoms with E-state index in [0.29, 0.717) is 17.7 Å². The van der Waals surface area contributed by atoms with Crippen molar-refractivity contribution < 1.29 is 14.3 Å². The number of rotatable bonds is 3. The lowest BCUT2D eigenvalue weighted by Crippen LogP contribution is -2.21. The number of carbonyl (C=O) groups excluding carboxylic acids is 2. The zero-order valence-corrected chi connectivity index (χ0v) is 9.58. The lowest BCUT2D eigenvalue weighted by atomic mass is 10.0. The molecule has 0 spiro atoms. The highest BCUT2D eigenvalue weighted by molar-refractivity contribution is 6.31. The van der Waals surface area contributed by atoms with Gasteiger partial charge in [-0.2, -0.15) is 0 Å². The quantitative estimate of drug-likeness (QED) is 0.596. The molecule has 1 aromatic rings. The number of halogens is 1. The molecule has 0 saturated heterocycles. The van der Waals surface area contributed by atoms with Crippen molar-refractivity contribution in [2.45, 2.75) is 6.42 Å². The summed E-state index contributed by atoms with van der Waals surface area (Å²) in [6, 6.07) is 5.23. The van der Waals surface area contributed by atoms with Gasteiger partial charge in [0.1, 0.15) is 5.75 Å². The third-order valence-electron chi connectivity index (χ3n) is 2.84. The molecule has 2 rings (SSSR count). The summed E-state index contributed by atoms with van der Waals surface area (Å²) in [6.07, 6.45) is 0.441. The van der Waals surface area contributed by atoms with Crippen LogP contribution in [0.1, 0.15) is 15.9 Å². The Morgan fingerprint density at radius 3 is 2.94 bits per heavy atom. The van der Waals surface area contributed by atoms with Crippen LogP contribution in [0.5, 0.6) is 5.75 Å². The second-order valence-corrected chi connectivity index (χ2v) is 4.01. The molecule has 0 amide bonds. The number of ketones is 2. The van der Waals surface area contributed by atoms with Gasteiger partial charge in [-0.1, -0.05) is 0 Å². The summed E-state index contributed by atoms with van der Waals surface area (Å²) < 4.78 is 5.07. The zero-order chi connectivity index (χ0) is 11.7. The molecule has 0 aromatic heterocycles. The SMILES string of the molecule is COc1ccc2c(c1)CC(C(=O)CCl)C2=O. The fourth-order valence-electron chi connectivity index (χ4n) is 1.96. The third kappa shape index (κ3) is 1.71. The molecule has 1 atom stereocenters. The molecule has 3 nitrogen and oxygen atoms in total. The van der Waals surface area contributed by atoms with Crippen molar-refractivity contribution in [1.29, 1.82) is 0 Å². The Hall–Kier alpha value is -1.35. The molecule has 0 aliphatic heterocycles. The van der Waals surface area contributed by atoms with Crippen LogP contribution in [0.3, 0.4) is 0 Å². The molecule has 1 aliphatic carbocycles. The topological polar surface area (TPSA) is 43.4 Å². The van der Waals surface area contributed by atoms with Crippen LogP contribution in [0.2, 0.25) is 0 Å².